The Morgan fingerprint density at radius 3 is 1.55 bits per heavy atom. The third-order valence-corrected chi connectivity index (χ3v) is 3.10. The van der Waals surface area contributed by atoms with Crippen LogP contribution in [0.1, 0.15) is 20.3 Å². The van der Waals surface area contributed by atoms with Crippen molar-refractivity contribution in [1.82, 2.24) is 0 Å². The summed E-state index contributed by atoms with van der Waals surface area (Å²) in [5.41, 5.74) is 0.554. The number of carbonyl (C=O) groups is 2. The third-order valence-electron chi connectivity index (χ3n) is 1.52. The second kappa shape index (κ2) is 24.2. The first-order chi connectivity index (χ1) is 10.3. The molecule has 0 aliphatic carbocycles. The fraction of sp³-hybridized carbons (Fsp3) is 0.500. The number of hydrogen-bond donors (Lipinski definition) is 1. The molecule has 10 heteroatoms. The Balaban J connectivity index is -0.000000115. The van der Waals surface area contributed by atoms with Gasteiger partial charge in [0.25, 0.3) is 0 Å². The van der Waals surface area contributed by atoms with E-state index in [9.17, 15) is 9.59 Å². The Morgan fingerprint density at radius 2 is 1.41 bits per heavy atom. The molecule has 0 aliphatic rings. The van der Waals surface area contributed by atoms with E-state index in [0.29, 0.717) is 16.2 Å². The number of thioether (sulfide) groups is 1. The Kier molecular flexibility index (Phi) is 31.1. The Labute approximate surface area is 138 Å². The molecule has 0 unspecified atom stereocenters. The van der Waals surface area contributed by atoms with E-state index < -0.39 is 0 Å². The Bertz CT molecular complexity index is 387. The van der Waals surface area contributed by atoms with E-state index in [1.807, 2.05) is 6.26 Å². The predicted molar refractivity (Wildman–Crippen MR) is 79.5 cm³/mol. The number of rotatable bonds is 3. The summed E-state index contributed by atoms with van der Waals surface area (Å²) in [5.74, 6) is -0.477. The molecule has 0 aromatic carbocycles. The summed E-state index contributed by atoms with van der Waals surface area (Å²) in [6, 6.07) is 0. The number of ether oxygens (including phenoxy) is 2. The van der Waals surface area contributed by atoms with Crippen molar-refractivity contribution in [3.63, 3.8) is 0 Å². The van der Waals surface area contributed by atoms with Gasteiger partial charge in [-0.05, 0) is 13.2 Å². The molecule has 0 N–H and O–H groups in total. The topological polar surface area (TPSA) is 121 Å². The fourth-order valence-electron chi connectivity index (χ4n) is 0.538. The van der Waals surface area contributed by atoms with Gasteiger partial charge in [0.2, 0.25) is 0 Å². The highest BCUT2D eigenvalue weighted by atomic mass is 32.2. The third kappa shape index (κ3) is 26.7. The van der Waals surface area contributed by atoms with Crippen LogP contribution in [0.4, 0.5) is 0 Å². The summed E-state index contributed by atoms with van der Waals surface area (Å²) < 4.78 is 9.44. The molecule has 0 heterocycles. The molecule has 0 atom stereocenters. The van der Waals surface area contributed by atoms with Crippen molar-refractivity contribution < 1.29 is 38.2 Å². The van der Waals surface area contributed by atoms with Crippen LogP contribution in [-0.2, 0) is 38.2 Å². The molecule has 0 radical (unpaired) electrons. The molecule has 0 aliphatic heterocycles. The number of thiol groups is 1. The lowest BCUT2D eigenvalue weighted by atomic mass is 10.4. The summed E-state index contributed by atoms with van der Waals surface area (Å²) in [6.07, 6.45) is 2.82. The lowest BCUT2D eigenvalue weighted by Crippen LogP contribution is -2.01. The summed E-state index contributed by atoms with van der Waals surface area (Å²) in [6.45, 7) is 3.44. The molecule has 0 aromatic rings. The van der Waals surface area contributed by atoms with Gasteiger partial charge >= 0.3 is 24.2 Å². The Morgan fingerprint density at radius 1 is 1.05 bits per heavy atom. The maximum absolute atomic E-state index is 10.8. The lowest BCUT2D eigenvalue weighted by molar-refractivity contribution is -0.193. The van der Waals surface area contributed by atoms with Crippen LogP contribution in [0.15, 0.2) is 9.81 Å². The van der Waals surface area contributed by atoms with Gasteiger partial charge in [-0.15, -0.1) is 24.4 Å². The summed E-state index contributed by atoms with van der Waals surface area (Å²) in [4.78, 5) is 53.2. The van der Waals surface area contributed by atoms with Crippen LogP contribution in [0.3, 0.4) is 0 Å². The van der Waals surface area contributed by atoms with Crippen molar-refractivity contribution in [2.45, 2.75) is 20.3 Å². The standard InChI is InChI=1S/C6H10O2S2.C4H8O2.2CO2/c1-4(5(7)8-2)6(9)10-3;1-3-4(5)6-2;2*2-1-3/h9H,1-3H3;3H2,1-2H3;;/b6-4-;;;. The minimum Gasteiger partial charge on any atom is -0.469 e. The van der Waals surface area contributed by atoms with Gasteiger partial charge in [-0.3, -0.25) is 4.79 Å². The van der Waals surface area contributed by atoms with Crippen LogP contribution in [0.2, 0.25) is 0 Å². The van der Waals surface area contributed by atoms with E-state index in [1.54, 1.807) is 13.8 Å². The van der Waals surface area contributed by atoms with Gasteiger partial charge in [-0.1, -0.05) is 6.92 Å². The molecule has 0 spiro atoms. The van der Waals surface area contributed by atoms with Crippen molar-refractivity contribution in [1.29, 1.82) is 0 Å². The maximum atomic E-state index is 10.8. The van der Waals surface area contributed by atoms with Gasteiger partial charge in [0.1, 0.15) is 0 Å². The van der Waals surface area contributed by atoms with Crippen molar-refractivity contribution in [2.75, 3.05) is 20.5 Å². The monoisotopic (exact) mass is 354 g/mol. The van der Waals surface area contributed by atoms with Gasteiger partial charge in [0, 0.05) is 10.7 Å². The maximum Gasteiger partial charge on any atom is 0.373 e. The first-order valence-electron chi connectivity index (χ1n) is 5.35. The van der Waals surface area contributed by atoms with Gasteiger partial charge < -0.3 is 9.47 Å². The van der Waals surface area contributed by atoms with Crippen molar-refractivity contribution in [3.05, 3.63) is 9.81 Å². The van der Waals surface area contributed by atoms with Gasteiger partial charge in [0.15, 0.2) is 0 Å². The molecule has 0 aromatic heterocycles. The smallest absolute Gasteiger partial charge is 0.373 e. The van der Waals surface area contributed by atoms with Gasteiger partial charge in [0.05, 0.1) is 19.8 Å². The highest BCUT2D eigenvalue weighted by molar-refractivity contribution is 8.15. The average Bonchev–Trinajstić information content (AvgIpc) is 2.53. The lowest BCUT2D eigenvalue weighted by Gasteiger charge is -2.00. The number of methoxy groups -OCH3 is 2. The van der Waals surface area contributed by atoms with Crippen LogP contribution in [0.25, 0.3) is 0 Å². The summed E-state index contributed by atoms with van der Waals surface area (Å²) in [7, 11) is 2.74. The van der Waals surface area contributed by atoms with E-state index in [-0.39, 0.29) is 24.2 Å². The minimum absolute atomic E-state index is 0.157. The van der Waals surface area contributed by atoms with E-state index in [4.69, 9.17) is 19.2 Å². The van der Waals surface area contributed by atoms with E-state index in [2.05, 4.69) is 22.1 Å². The Hall–Kier alpha value is -1.86. The largest absolute Gasteiger partial charge is 0.469 e. The van der Waals surface area contributed by atoms with Crippen LogP contribution >= 0.6 is 24.4 Å². The number of esters is 2. The van der Waals surface area contributed by atoms with Crippen molar-refractivity contribution in [2.24, 2.45) is 0 Å². The van der Waals surface area contributed by atoms with E-state index in [0.717, 1.165) is 0 Å². The molecule has 0 saturated heterocycles. The number of hydrogen-bond acceptors (Lipinski definition) is 10. The van der Waals surface area contributed by atoms with Crippen LogP contribution in [-0.4, -0.2) is 44.7 Å². The zero-order valence-electron chi connectivity index (χ0n) is 12.8. The minimum atomic E-state index is -0.320. The van der Waals surface area contributed by atoms with E-state index in [1.165, 1.54) is 26.0 Å². The predicted octanol–water partition coefficient (Wildman–Crippen LogP) is 1.09. The highest BCUT2D eigenvalue weighted by Gasteiger charge is 2.06. The first-order valence-corrected chi connectivity index (χ1v) is 7.02. The van der Waals surface area contributed by atoms with Crippen molar-refractivity contribution >= 4 is 48.6 Å². The zero-order chi connectivity index (χ0) is 18.6. The fourth-order valence-corrected chi connectivity index (χ4v) is 1.02. The van der Waals surface area contributed by atoms with Crippen LogP contribution in [0.5, 0.6) is 0 Å². The molecule has 22 heavy (non-hydrogen) atoms. The SMILES string of the molecule is CCC(=O)OC.COC(=O)/C(C)=C(/S)SC.O=C=O.O=C=O. The van der Waals surface area contributed by atoms with E-state index >= 15 is 0 Å². The van der Waals surface area contributed by atoms with Gasteiger partial charge in [-0.2, -0.15) is 19.2 Å². The zero-order valence-corrected chi connectivity index (χ0v) is 14.5. The second-order valence-corrected chi connectivity index (χ2v) is 4.29. The van der Waals surface area contributed by atoms with Crippen molar-refractivity contribution in [3.8, 4) is 0 Å². The molecule has 0 saturated carbocycles. The number of carbonyl (C=O) groups excluding carboxylic acids is 6. The second-order valence-electron chi connectivity index (χ2n) is 2.72. The molecular weight excluding hydrogens is 336 g/mol. The first kappa shape index (κ1) is 28.3. The molecule has 0 bridgehead atoms. The average molecular weight is 354 g/mol. The highest BCUT2D eigenvalue weighted by Crippen LogP contribution is 2.20. The molecular formula is C12H18O8S2. The molecule has 0 amide bonds. The van der Waals surface area contributed by atoms with Crippen LogP contribution < -0.4 is 0 Å². The quantitative estimate of drug-likeness (QED) is 0.451. The normalized spacial score (nSPS) is 8.45. The van der Waals surface area contributed by atoms with Crippen LogP contribution in [0, 0.1) is 0 Å². The molecule has 126 valence electrons. The molecule has 0 rings (SSSR count). The van der Waals surface area contributed by atoms with Gasteiger partial charge in [-0.25, -0.2) is 4.79 Å². The summed E-state index contributed by atoms with van der Waals surface area (Å²) >= 11 is 5.48. The summed E-state index contributed by atoms with van der Waals surface area (Å²) in [5, 5.41) is 0. The molecule has 0 fully saturated rings. The molecule has 8 nitrogen and oxygen atoms in total.